The molecule has 0 radical (unpaired) electrons. The lowest BCUT2D eigenvalue weighted by molar-refractivity contribution is -0.138. The Labute approximate surface area is 140 Å². The summed E-state index contributed by atoms with van der Waals surface area (Å²) in [6, 6.07) is 2.07. The van der Waals surface area contributed by atoms with Crippen LogP contribution in [0.25, 0.3) is 0 Å². The van der Waals surface area contributed by atoms with Crippen molar-refractivity contribution < 1.29 is 32.0 Å². The Balaban J connectivity index is 2.39. The first-order chi connectivity index (χ1) is 11.8. The van der Waals surface area contributed by atoms with Crippen LogP contribution < -0.4 is 5.32 Å². The molecule has 0 aliphatic rings. The second-order valence-electron chi connectivity index (χ2n) is 4.82. The largest absolute Gasteiger partial charge is 0.462 e. The lowest BCUT2D eigenvalue weighted by Crippen LogP contribution is -2.19. The third-order valence-corrected chi connectivity index (χ3v) is 2.99. The first-order valence-electron chi connectivity index (χ1n) is 7.09. The fourth-order valence-corrected chi connectivity index (χ4v) is 1.85. The highest BCUT2D eigenvalue weighted by Gasteiger charge is 2.25. The zero-order chi connectivity index (χ0) is 18.6. The minimum Gasteiger partial charge on any atom is -0.462 e. The van der Waals surface area contributed by atoms with Crippen LogP contribution >= 0.6 is 0 Å². The Morgan fingerprint density at radius 1 is 1.20 bits per heavy atom. The van der Waals surface area contributed by atoms with Gasteiger partial charge in [-0.2, -0.15) is 0 Å². The molecule has 0 aliphatic carbocycles. The molecule has 0 saturated heterocycles. The van der Waals surface area contributed by atoms with Gasteiger partial charge in [0.25, 0.3) is 0 Å². The molecule has 0 bridgehead atoms. The van der Waals surface area contributed by atoms with E-state index in [4.69, 9.17) is 9.26 Å². The maximum absolute atomic E-state index is 13.8. The lowest BCUT2D eigenvalue weighted by atomic mass is 10.0. The number of anilines is 1. The normalized spacial score (nSPS) is 11.3. The Bertz CT molecular complexity index is 846. The van der Waals surface area contributed by atoms with Crippen LogP contribution in [-0.4, -0.2) is 23.5 Å². The SMILES string of the molecule is CCOC(=O)/C(=C\Nc1cc(C)on1)C(=O)c1cc(F)c(F)cc1F. The highest BCUT2D eigenvalue weighted by atomic mass is 19.2. The summed E-state index contributed by atoms with van der Waals surface area (Å²) < 4.78 is 49.7. The first-order valence-corrected chi connectivity index (χ1v) is 7.09. The molecular weight excluding hydrogens is 341 g/mol. The van der Waals surface area contributed by atoms with E-state index >= 15 is 0 Å². The molecule has 0 unspecified atom stereocenters. The summed E-state index contributed by atoms with van der Waals surface area (Å²) >= 11 is 0. The van der Waals surface area contributed by atoms with E-state index < -0.39 is 40.3 Å². The summed E-state index contributed by atoms with van der Waals surface area (Å²) in [4.78, 5) is 24.4. The summed E-state index contributed by atoms with van der Waals surface area (Å²) in [6.45, 7) is 3.08. The fourth-order valence-electron chi connectivity index (χ4n) is 1.85. The van der Waals surface area contributed by atoms with Crippen molar-refractivity contribution in [1.29, 1.82) is 0 Å². The van der Waals surface area contributed by atoms with E-state index in [1.807, 2.05) is 0 Å². The molecule has 0 fully saturated rings. The molecule has 0 aliphatic heterocycles. The van der Waals surface area contributed by atoms with Crippen LogP contribution in [0.1, 0.15) is 23.0 Å². The molecule has 2 aromatic rings. The number of benzene rings is 1. The maximum Gasteiger partial charge on any atom is 0.343 e. The topological polar surface area (TPSA) is 81.4 Å². The summed E-state index contributed by atoms with van der Waals surface area (Å²) in [6.07, 6.45) is 0.929. The van der Waals surface area contributed by atoms with Crippen LogP contribution in [0.5, 0.6) is 0 Å². The van der Waals surface area contributed by atoms with Gasteiger partial charge in [0.1, 0.15) is 17.2 Å². The number of ketones is 1. The standard InChI is InChI=1S/C16H13F3N2O4/c1-3-24-16(23)10(7-20-14-4-8(2)25-21-14)15(22)9-5-12(18)13(19)6-11(9)17/h4-7H,3H2,1-2H3,(H,20,21)/b10-7-. The smallest absolute Gasteiger partial charge is 0.343 e. The molecule has 1 heterocycles. The molecule has 9 heteroatoms. The number of halogens is 3. The molecule has 1 N–H and O–H groups in total. The molecule has 6 nitrogen and oxygen atoms in total. The van der Waals surface area contributed by atoms with Crippen molar-refractivity contribution in [3.05, 3.63) is 58.7 Å². The molecule has 0 saturated carbocycles. The Hall–Kier alpha value is -3.10. The van der Waals surface area contributed by atoms with Crippen molar-refractivity contribution >= 4 is 17.6 Å². The fraction of sp³-hybridized carbons (Fsp3) is 0.188. The number of aryl methyl sites for hydroxylation is 1. The van der Waals surface area contributed by atoms with Crippen LogP contribution in [0.3, 0.4) is 0 Å². The van der Waals surface area contributed by atoms with Crippen LogP contribution in [0, 0.1) is 24.4 Å². The molecule has 0 atom stereocenters. The highest BCUT2D eigenvalue weighted by molar-refractivity contribution is 6.24. The van der Waals surface area contributed by atoms with E-state index in [-0.39, 0.29) is 18.5 Å². The molecular formula is C16H13F3N2O4. The summed E-state index contributed by atoms with van der Waals surface area (Å²) in [5.74, 6) is -5.78. The van der Waals surface area contributed by atoms with E-state index in [0.717, 1.165) is 6.20 Å². The predicted octanol–water partition coefficient (Wildman–Crippen LogP) is 3.14. The van der Waals surface area contributed by atoms with Crippen LogP contribution in [0.4, 0.5) is 19.0 Å². The van der Waals surface area contributed by atoms with Gasteiger partial charge in [-0.1, -0.05) is 5.16 Å². The number of hydrogen-bond acceptors (Lipinski definition) is 6. The molecule has 132 valence electrons. The Morgan fingerprint density at radius 2 is 1.88 bits per heavy atom. The molecule has 25 heavy (non-hydrogen) atoms. The van der Waals surface area contributed by atoms with Gasteiger partial charge in [-0.3, -0.25) is 4.79 Å². The maximum atomic E-state index is 13.8. The van der Waals surface area contributed by atoms with Gasteiger partial charge in [-0.25, -0.2) is 18.0 Å². The van der Waals surface area contributed by atoms with E-state index in [0.29, 0.717) is 11.8 Å². The summed E-state index contributed by atoms with van der Waals surface area (Å²) in [5, 5.41) is 6.11. The van der Waals surface area contributed by atoms with Crippen LogP contribution in [0.15, 0.2) is 34.5 Å². The van der Waals surface area contributed by atoms with E-state index in [9.17, 15) is 22.8 Å². The molecule has 2 rings (SSSR count). The Kier molecular flexibility index (Phi) is 5.58. The summed E-state index contributed by atoms with van der Waals surface area (Å²) in [5.41, 5.74) is -1.43. The number of ether oxygens (including phenoxy) is 1. The zero-order valence-electron chi connectivity index (χ0n) is 13.2. The van der Waals surface area contributed by atoms with Crippen molar-refractivity contribution in [1.82, 2.24) is 5.16 Å². The number of nitrogens with one attached hydrogen (secondary N) is 1. The van der Waals surface area contributed by atoms with Gasteiger partial charge in [0.2, 0.25) is 5.78 Å². The van der Waals surface area contributed by atoms with Crippen molar-refractivity contribution in [2.75, 3.05) is 11.9 Å². The van der Waals surface area contributed by atoms with E-state index in [1.165, 1.54) is 13.0 Å². The van der Waals surface area contributed by atoms with Crippen molar-refractivity contribution in [2.45, 2.75) is 13.8 Å². The number of carbonyl (C=O) groups excluding carboxylic acids is 2. The predicted molar refractivity (Wildman–Crippen MR) is 80.2 cm³/mol. The summed E-state index contributed by atoms with van der Waals surface area (Å²) in [7, 11) is 0. The average Bonchev–Trinajstić information content (AvgIpc) is 2.96. The molecule has 0 amide bonds. The molecule has 1 aromatic heterocycles. The van der Waals surface area contributed by atoms with Gasteiger partial charge < -0.3 is 14.6 Å². The number of hydrogen-bond donors (Lipinski definition) is 1. The third-order valence-electron chi connectivity index (χ3n) is 2.99. The van der Waals surface area contributed by atoms with Gasteiger partial charge in [-0.05, 0) is 19.9 Å². The average molecular weight is 354 g/mol. The minimum absolute atomic E-state index is 0.0488. The molecule has 0 spiro atoms. The second-order valence-corrected chi connectivity index (χ2v) is 4.82. The van der Waals surface area contributed by atoms with Crippen LogP contribution in [0.2, 0.25) is 0 Å². The lowest BCUT2D eigenvalue weighted by Gasteiger charge is -2.08. The number of carbonyl (C=O) groups is 2. The third kappa shape index (κ3) is 4.25. The van der Waals surface area contributed by atoms with Crippen molar-refractivity contribution in [3.8, 4) is 0 Å². The van der Waals surface area contributed by atoms with Crippen molar-refractivity contribution in [2.24, 2.45) is 0 Å². The van der Waals surface area contributed by atoms with Gasteiger partial charge in [0, 0.05) is 18.3 Å². The van der Waals surface area contributed by atoms with Gasteiger partial charge >= 0.3 is 5.97 Å². The minimum atomic E-state index is -1.45. The number of rotatable bonds is 6. The van der Waals surface area contributed by atoms with E-state index in [2.05, 4.69) is 10.5 Å². The second kappa shape index (κ2) is 7.65. The van der Waals surface area contributed by atoms with E-state index in [1.54, 1.807) is 6.92 Å². The first kappa shape index (κ1) is 18.2. The number of aromatic nitrogens is 1. The van der Waals surface area contributed by atoms with Crippen molar-refractivity contribution in [3.63, 3.8) is 0 Å². The van der Waals surface area contributed by atoms with Crippen LogP contribution in [-0.2, 0) is 9.53 Å². The highest BCUT2D eigenvalue weighted by Crippen LogP contribution is 2.18. The van der Waals surface area contributed by atoms with Gasteiger partial charge in [0.15, 0.2) is 17.5 Å². The zero-order valence-corrected chi connectivity index (χ0v) is 13.2. The Morgan fingerprint density at radius 3 is 2.48 bits per heavy atom. The monoisotopic (exact) mass is 354 g/mol. The van der Waals surface area contributed by atoms with Gasteiger partial charge in [0.05, 0.1) is 12.2 Å². The molecule has 1 aromatic carbocycles. The number of Topliss-reactive ketones (excluding diaryl/α,β-unsaturated/α-hetero) is 1. The number of esters is 1. The quantitative estimate of drug-likeness (QED) is 0.214. The van der Waals surface area contributed by atoms with Gasteiger partial charge in [-0.15, -0.1) is 0 Å². The number of nitrogens with zero attached hydrogens (tertiary/aromatic N) is 1.